The highest BCUT2D eigenvalue weighted by Gasteiger charge is 2.09. The Balaban J connectivity index is 3.27. The van der Waals surface area contributed by atoms with E-state index in [4.69, 9.17) is 16.0 Å². The van der Waals surface area contributed by atoms with Gasteiger partial charge in [0.25, 0.3) is 0 Å². The van der Waals surface area contributed by atoms with E-state index >= 15 is 0 Å². The maximum atomic E-state index is 12.8. The van der Waals surface area contributed by atoms with Crippen molar-refractivity contribution in [1.29, 1.82) is 0 Å². The summed E-state index contributed by atoms with van der Waals surface area (Å²) in [5, 5.41) is 19.5. The number of amidine groups is 1. The van der Waals surface area contributed by atoms with E-state index in [2.05, 4.69) is 5.16 Å². The maximum Gasteiger partial charge on any atom is 0.335 e. The SMILES string of the molecule is NC(=NO)c1cc(F)cc(C(=O)O)c1. The van der Waals surface area contributed by atoms with E-state index in [9.17, 15) is 9.18 Å². The molecule has 0 aromatic heterocycles. The Morgan fingerprint density at radius 1 is 1.36 bits per heavy atom. The Labute approximate surface area is 78.3 Å². The lowest BCUT2D eigenvalue weighted by molar-refractivity contribution is 0.0696. The van der Waals surface area contributed by atoms with Gasteiger partial charge in [0.2, 0.25) is 0 Å². The summed E-state index contributed by atoms with van der Waals surface area (Å²) in [7, 11) is 0. The smallest absolute Gasteiger partial charge is 0.335 e. The summed E-state index contributed by atoms with van der Waals surface area (Å²) in [6.45, 7) is 0. The van der Waals surface area contributed by atoms with Crippen LogP contribution in [0.15, 0.2) is 23.4 Å². The first kappa shape index (κ1) is 9.97. The van der Waals surface area contributed by atoms with Crippen LogP contribution in [0.3, 0.4) is 0 Å². The topological polar surface area (TPSA) is 95.9 Å². The predicted octanol–water partition coefficient (Wildman–Crippen LogP) is 0.618. The number of carboxylic acids is 1. The number of nitrogens with two attached hydrogens (primary N) is 1. The van der Waals surface area contributed by atoms with Crippen LogP contribution < -0.4 is 5.73 Å². The van der Waals surface area contributed by atoms with Crippen molar-refractivity contribution in [3.05, 3.63) is 35.1 Å². The van der Waals surface area contributed by atoms with Crippen molar-refractivity contribution >= 4 is 11.8 Å². The normalized spacial score (nSPS) is 11.4. The number of nitrogens with zero attached hydrogens (tertiary/aromatic N) is 1. The molecule has 1 aromatic carbocycles. The maximum absolute atomic E-state index is 12.8. The molecule has 0 saturated heterocycles. The Hall–Kier alpha value is -2.11. The Morgan fingerprint density at radius 2 is 1.93 bits per heavy atom. The minimum Gasteiger partial charge on any atom is -0.478 e. The molecule has 0 aliphatic rings. The summed E-state index contributed by atoms with van der Waals surface area (Å²) in [6, 6.07) is 2.93. The minimum atomic E-state index is -1.28. The standard InChI is InChI=1S/C8H7FN2O3/c9-6-2-4(7(10)11-14)1-5(3-6)8(12)13/h1-3,14H,(H2,10,11)(H,12,13). The number of carbonyl (C=O) groups is 1. The number of carboxylic acid groups (broad SMARTS) is 1. The van der Waals surface area contributed by atoms with Crippen molar-refractivity contribution in [2.45, 2.75) is 0 Å². The van der Waals surface area contributed by atoms with Gasteiger partial charge < -0.3 is 16.0 Å². The monoisotopic (exact) mass is 198 g/mol. The summed E-state index contributed by atoms with van der Waals surface area (Å²) in [6.07, 6.45) is 0. The fourth-order valence-corrected chi connectivity index (χ4v) is 0.919. The third-order valence-electron chi connectivity index (χ3n) is 1.55. The first-order chi connectivity index (χ1) is 6.54. The van der Waals surface area contributed by atoms with Gasteiger partial charge >= 0.3 is 5.97 Å². The van der Waals surface area contributed by atoms with E-state index in [0.29, 0.717) is 0 Å². The highest BCUT2D eigenvalue weighted by molar-refractivity contribution is 5.99. The molecule has 4 N–H and O–H groups in total. The zero-order chi connectivity index (χ0) is 10.7. The number of hydrogen-bond acceptors (Lipinski definition) is 3. The zero-order valence-electron chi connectivity index (χ0n) is 6.94. The second-order valence-electron chi connectivity index (χ2n) is 2.52. The van der Waals surface area contributed by atoms with E-state index in [1.165, 1.54) is 0 Å². The van der Waals surface area contributed by atoms with Gasteiger partial charge in [-0.1, -0.05) is 5.16 Å². The lowest BCUT2D eigenvalue weighted by Crippen LogP contribution is -2.14. The molecule has 5 nitrogen and oxygen atoms in total. The van der Waals surface area contributed by atoms with E-state index in [-0.39, 0.29) is 17.0 Å². The molecule has 0 aliphatic carbocycles. The van der Waals surface area contributed by atoms with Crippen molar-refractivity contribution in [1.82, 2.24) is 0 Å². The van der Waals surface area contributed by atoms with Gasteiger partial charge in [-0.2, -0.15) is 0 Å². The number of aromatic carboxylic acids is 1. The summed E-state index contributed by atoms with van der Waals surface area (Å²) in [5.74, 6) is -2.38. The quantitative estimate of drug-likeness (QED) is 0.281. The molecule has 14 heavy (non-hydrogen) atoms. The molecular weight excluding hydrogens is 191 g/mol. The lowest BCUT2D eigenvalue weighted by atomic mass is 10.1. The number of hydrogen-bond donors (Lipinski definition) is 3. The van der Waals surface area contributed by atoms with Crippen LogP contribution in [0.1, 0.15) is 15.9 Å². The third-order valence-corrected chi connectivity index (χ3v) is 1.55. The molecule has 1 rings (SSSR count). The molecule has 0 bridgehead atoms. The lowest BCUT2D eigenvalue weighted by Gasteiger charge is -2.00. The van der Waals surface area contributed by atoms with Gasteiger partial charge in [-0.15, -0.1) is 0 Å². The average Bonchev–Trinajstić information content (AvgIpc) is 2.15. The molecule has 0 atom stereocenters. The molecule has 74 valence electrons. The summed E-state index contributed by atoms with van der Waals surface area (Å²) >= 11 is 0. The average molecular weight is 198 g/mol. The van der Waals surface area contributed by atoms with Gasteiger partial charge in [0.15, 0.2) is 5.84 Å². The number of oxime groups is 1. The largest absolute Gasteiger partial charge is 0.478 e. The van der Waals surface area contributed by atoms with Crippen molar-refractivity contribution in [2.75, 3.05) is 0 Å². The number of halogens is 1. The van der Waals surface area contributed by atoms with Gasteiger partial charge in [-0.25, -0.2) is 9.18 Å². The van der Waals surface area contributed by atoms with Crippen molar-refractivity contribution in [3.63, 3.8) is 0 Å². The Kier molecular flexibility index (Phi) is 2.66. The molecule has 6 heteroatoms. The van der Waals surface area contributed by atoms with Gasteiger partial charge in [0.05, 0.1) is 5.56 Å². The van der Waals surface area contributed by atoms with Crippen LogP contribution in [-0.4, -0.2) is 22.1 Å². The van der Waals surface area contributed by atoms with Crippen LogP contribution in [0.5, 0.6) is 0 Å². The fraction of sp³-hybridized carbons (Fsp3) is 0. The molecule has 0 spiro atoms. The highest BCUT2D eigenvalue weighted by atomic mass is 19.1. The van der Waals surface area contributed by atoms with Gasteiger partial charge in [-0.05, 0) is 18.2 Å². The molecule has 1 aromatic rings. The first-order valence-corrected chi connectivity index (χ1v) is 3.56. The van der Waals surface area contributed by atoms with Crippen LogP contribution in [-0.2, 0) is 0 Å². The third kappa shape index (κ3) is 1.98. The molecule has 0 aliphatic heterocycles. The molecule has 0 saturated carbocycles. The Bertz CT molecular complexity index is 404. The highest BCUT2D eigenvalue weighted by Crippen LogP contribution is 2.09. The fourth-order valence-electron chi connectivity index (χ4n) is 0.919. The van der Waals surface area contributed by atoms with Crippen LogP contribution in [0.4, 0.5) is 4.39 Å². The van der Waals surface area contributed by atoms with Gasteiger partial charge in [0, 0.05) is 5.56 Å². The van der Waals surface area contributed by atoms with E-state index in [0.717, 1.165) is 18.2 Å². The molecule has 0 radical (unpaired) electrons. The zero-order valence-corrected chi connectivity index (χ0v) is 6.94. The molecule has 0 amide bonds. The first-order valence-electron chi connectivity index (χ1n) is 3.56. The van der Waals surface area contributed by atoms with Crippen LogP contribution >= 0.6 is 0 Å². The second kappa shape index (κ2) is 3.73. The summed E-state index contributed by atoms with van der Waals surface area (Å²) < 4.78 is 12.8. The second-order valence-corrected chi connectivity index (χ2v) is 2.52. The minimum absolute atomic E-state index is 0.0184. The van der Waals surface area contributed by atoms with Crippen molar-refractivity contribution in [3.8, 4) is 0 Å². The van der Waals surface area contributed by atoms with Crippen molar-refractivity contribution in [2.24, 2.45) is 10.9 Å². The van der Waals surface area contributed by atoms with Crippen molar-refractivity contribution < 1.29 is 19.5 Å². The van der Waals surface area contributed by atoms with E-state index in [1.807, 2.05) is 0 Å². The molecule has 0 fully saturated rings. The Morgan fingerprint density at radius 3 is 2.43 bits per heavy atom. The van der Waals surface area contributed by atoms with E-state index < -0.39 is 11.8 Å². The van der Waals surface area contributed by atoms with E-state index in [1.54, 1.807) is 0 Å². The van der Waals surface area contributed by atoms with Crippen LogP contribution in [0.25, 0.3) is 0 Å². The van der Waals surface area contributed by atoms with Gasteiger partial charge in [-0.3, -0.25) is 0 Å². The molecular formula is C8H7FN2O3. The predicted molar refractivity (Wildman–Crippen MR) is 45.9 cm³/mol. The molecule has 0 heterocycles. The summed E-state index contributed by atoms with van der Waals surface area (Å²) in [5.41, 5.74) is 4.93. The van der Waals surface area contributed by atoms with Crippen LogP contribution in [0.2, 0.25) is 0 Å². The number of rotatable bonds is 2. The summed E-state index contributed by atoms with van der Waals surface area (Å²) in [4.78, 5) is 10.5. The molecule has 0 unspecified atom stereocenters. The van der Waals surface area contributed by atoms with Crippen LogP contribution in [0, 0.1) is 5.82 Å². The van der Waals surface area contributed by atoms with Gasteiger partial charge in [0.1, 0.15) is 5.82 Å². The number of benzene rings is 1.